The summed E-state index contributed by atoms with van der Waals surface area (Å²) < 4.78 is 0. The molecule has 0 saturated heterocycles. The van der Waals surface area contributed by atoms with Crippen molar-refractivity contribution in [3.63, 3.8) is 0 Å². The molecule has 0 aromatic carbocycles. The molecule has 66 valence electrons. The van der Waals surface area contributed by atoms with Gasteiger partial charge in [0.05, 0.1) is 0 Å². The van der Waals surface area contributed by atoms with Gasteiger partial charge < -0.3 is 0 Å². The van der Waals surface area contributed by atoms with Gasteiger partial charge in [-0.05, 0) is 24.8 Å². The Morgan fingerprint density at radius 3 is 3.17 bits per heavy atom. The number of carbonyl (C=O) groups excluding carboxylic acids is 1. The van der Waals surface area contributed by atoms with E-state index in [0.29, 0.717) is 18.1 Å². The molecular weight excluding hydrogens is 154 g/mol. The number of rotatable bonds is 1. The summed E-state index contributed by atoms with van der Waals surface area (Å²) in [4.78, 5) is 16.4. The van der Waals surface area contributed by atoms with Gasteiger partial charge in [-0.15, -0.1) is 0 Å². The zero-order valence-electron chi connectivity index (χ0n) is 6.95. The maximum atomic E-state index is 11.1. The van der Waals surface area contributed by atoms with E-state index in [4.69, 9.17) is 4.84 Å². The Bertz CT molecular complexity index is 213. The normalized spacial score (nSPS) is 35.2. The Morgan fingerprint density at radius 2 is 2.50 bits per heavy atom. The highest BCUT2D eigenvalue weighted by atomic mass is 16.7. The number of nitrogens with one attached hydrogen (secondary N) is 1. The highest BCUT2D eigenvalue weighted by molar-refractivity contribution is 5.79. The fourth-order valence-electron chi connectivity index (χ4n) is 1.88. The fourth-order valence-corrected chi connectivity index (χ4v) is 1.88. The van der Waals surface area contributed by atoms with Gasteiger partial charge in [-0.25, -0.2) is 0 Å². The molecule has 1 heterocycles. The minimum Gasteiger partial charge on any atom is -0.300 e. The zero-order valence-corrected chi connectivity index (χ0v) is 6.95. The van der Waals surface area contributed by atoms with Crippen molar-refractivity contribution in [1.82, 2.24) is 5.48 Å². The summed E-state index contributed by atoms with van der Waals surface area (Å²) in [6, 6.07) is 0. The van der Waals surface area contributed by atoms with Crippen molar-refractivity contribution < 1.29 is 9.63 Å². The summed E-state index contributed by atoms with van der Waals surface area (Å²) in [5, 5.41) is 0. The molecule has 0 amide bonds. The van der Waals surface area contributed by atoms with E-state index < -0.39 is 0 Å². The van der Waals surface area contributed by atoms with Crippen molar-refractivity contribution in [2.24, 2.45) is 5.92 Å². The molecule has 12 heavy (non-hydrogen) atoms. The second-order valence-corrected chi connectivity index (χ2v) is 3.45. The first-order valence-corrected chi connectivity index (χ1v) is 4.46. The van der Waals surface area contributed by atoms with E-state index in [1.807, 2.05) is 6.08 Å². The van der Waals surface area contributed by atoms with Crippen molar-refractivity contribution in [2.75, 3.05) is 0 Å². The van der Waals surface area contributed by atoms with Crippen LogP contribution in [0.2, 0.25) is 0 Å². The molecule has 3 nitrogen and oxygen atoms in total. The number of hydroxylamine groups is 1. The summed E-state index contributed by atoms with van der Waals surface area (Å²) in [7, 11) is 0. The molecule has 3 heteroatoms. The lowest BCUT2D eigenvalue weighted by Crippen LogP contribution is -2.27. The van der Waals surface area contributed by atoms with E-state index in [1.54, 1.807) is 6.20 Å². The van der Waals surface area contributed by atoms with Crippen molar-refractivity contribution in [1.29, 1.82) is 0 Å². The van der Waals surface area contributed by atoms with Crippen LogP contribution >= 0.6 is 0 Å². The van der Waals surface area contributed by atoms with Crippen LogP contribution in [-0.4, -0.2) is 11.9 Å². The van der Waals surface area contributed by atoms with Gasteiger partial charge in [0, 0.05) is 19.0 Å². The molecule has 2 atom stereocenters. The highest BCUT2D eigenvalue weighted by Gasteiger charge is 2.28. The zero-order chi connectivity index (χ0) is 8.39. The van der Waals surface area contributed by atoms with Gasteiger partial charge in [0.2, 0.25) is 0 Å². The van der Waals surface area contributed by atoms with E-state index in [9.17, 15) is 4.79 Å². The summed E-state index contributed by atoms with van der Waals surface area (Å²) in [5.74, 6) is 0.785. The molecule has 0 spiro atoms. The number of hydrogen-bond acceptors (Lipinski definition) is 3. The molecule has 1 aliphatic carbocycles. The van der Waals surface area contributed by atoms with E-state index in [1.165, 1.54) is 0 Å². The van der Waals surface area contributed by atoms with Crippen molar-refractivity contribution >= 4 is 5.78 Å². The molecule has 0 radical (unpaired) electrons. The van der Waals surface area contributed by atoms with Crippen LogP contribution in [0.5, 0.6) is 0 Å². The standard InChI is InChI=1S/C9H13NO2/c11-8-3-1-2-7(6-8)9-4-5-10-12-9/h4-5,7,9-10H,1-3,6H2. The topological polar surface area (TPSA) is 38.3 Å². The predicted octanol–water partition coefficient (Wildman–Crippen LogP) is 1.16. The second kappa shape index (κ2) is 3.27. The van der Waals surface area contributed by atoms with E-state index in [2.05, 4.69) is 5.48 Å². The Kier molecular flexibility index (Phi) is 2.13. The molecular formula is C9H13NO2. The van der Waals surface area contributed by atoms with Crippen molar-refractivity contribution in [2.45, 2.75) is 31.8 Å². The molecule has 0 aromatic heterocycles. The second-order valence-electron chi connectivity index (χ2n) is 3.45. The Balaban J connectivity index is 1.94. The van der Waals surface area contributed by atoms with Crippen LogP contribution in [0.15, 0.2) is 12.3 Å². The molecule has 0 bridgehead atoms. The average molecular weight is 167 g/mol. The van der Waals surface area contributed by atoms with Crippen LogP contribution in [-0.2, 0) is 9.63 Å². The molecule has 0 aromatic rings. The summed E-state index contributed by atoms with van der Waals surface area (Å²) in [6.45, 7) is 0. The SMILES string of the molecule is O=C1CCCC(C2C=CNO2)C1. The van der Waals surface area contributed by atoms with Crippen LogP contribution in [0.4, 0.5) is 0 Å². The molecule has 2 rings (SSSR count). The first-order chi connectivity index (χ1) is 5.86. The van der Waals surface area contributed by atoms with Gasteiger partial charge in [0.1, 0.15) is 11.9 Å². The maximum absolute atomic E-state index is 11.1. The van der Waals surface area contributed by atoms with Crippen molar-refractivity contribution in [3.05, 3.63) is 12.3 Å². The lowest BCUT2D eigenvalue weighted by Gasteiger charge is -2.24. The van der Waals surface area contributed by atoms with Crippen LogP contribution in [0.1, 0.15) is 25.7 Å². The summed E-state index contributed by atoms with van der Waals surface area (Å²) in [5.41, 5.74) is 2.69. The highest BCUT2D eigenvalue weighted by Crippen LogP contribution is 2.27. The summed E-state index contributed by atoms with van der Waals surface area (Å²) in [6.07, 6.45) is 7.50. The summed E-state index contributed by atoms with van der Waals surface area (Å²) >= 11 is 0. The van der Waals surface area contributed by atoms with Crippen LogP contribution < -0.4 is 5.48 Å². The lowest BCUT2D eigenvalue weighted by molar-refractivity contribution is -0.123. The van der Waals surface area contributed by atoms with Gasteiger partial charge in [-0.1, -0.05) is 0 Å². The first kappa shape index (κ1) is 7.80. The number of ketones is 1. The minimum atomic E-state index is 0.120. The van der Waals surface area contributed by atoms with Crippen LogP contribution in [0.3, 0.4) is 0 Å². The van der Waals surface area contributed by atoms with Gasteiger partial charge in [0.25, 0.3) is 0 Å². The third kappa shape index (κ3) is 1.50. The number of carbonyl (C=O) groups is 1. The largest absolute Gasteiger partial charge is 0.300 e. The Morgan fingerprint density at radius 1 is 1.58 bits per heavy atom. The minimum absolute atomic E-state index is 0.120. The lowest BCUT2D eigenvalue weighted by atomic mass is 9.84. The third-order valence-corrected chi connectivity index (χ3v) is 2.54. The smallest absolute Gasteiger partial charge is 0.133 e. The molecule has 1 fully saturated rings. The molecule has 1 aliphatic heterocycles. The molecule has 2 aliphatic rings. The molecule has 1 saturated carbocycles. The quantitative estimate of drug-likeness (QED) is 0.637. The monoisotopic (exact) mass is 167 g/mol. The first-order valence-electron chi connectivity index (χ1n) is 4.46. The van der Waals surface area contributed by atoms with Gasteiger partial charge >= 0.3 is 0 Å². The van der Waals surface area contributed by atoms with Gasteiger partial charge in [-0.3, -0.25) is 15.1 Å². The Hall–Kier alpha value is -0.830. The van der Waals surface area contributed by atoms with E-state index in [-0.39, 0.29) is 6.10 Å². The molecule has 2 unspecified atom stereocenters. The average Bonchev–Trinajstić information content (AvgIpc) is 2.56. The number of hydrogen-bond donors (Lipinski definition) is 1. The van der Waals surface area contributed by atoms with E-state index in [0.717, 1.165) is 19.3 Å². The predicted molar refractivity (Wildman–Crippen MR) is 44.1 cm³/mol. The van der Waals surface area contributed by atoms with E-state index >= 15 is 0 Å². The Labute approximate surface area is 71.7 Å². The fraction of sp³-hybridized carbons (Fsp3) is 0.667. The van der Waals surface area contributed by atoms with Crippen LogP contribution in [0.25, 0.3) is 0 Å². The van der Waals surface area contributed by atoms with Crippen molar-refractivity contribution in [3.8, 4) is 0 Å². The maximum Gasteiger partial charge on any atom is 0.133 e. The van der Waals surface area contributed by atoms with Crippen LogP contribution in [0, 0.1) is 5.92 Å². The number of Topliss-reactive ketones (excluding diaryl/α,β-unsaturated/α-hetero) is 1. The molecule has 1 N–H and O–H groups in total. The van der Waals surface area contributed by atoms with Gasteiger partial charge in [0.15, 0.2) is 0 Å². The van der Waals surface area contributed by atoms with Gasteiger partial charge in [-0.2, -0.15) is 0 Å². The third-order valence-electron chi connectivity index (χ3n) is 2.54.